The highest BCUT2D eigenvalue weighted by molar-refractivity contribution is 6.15. The van der Waals surface area contributed by atoms with E-state index in [0.717, 1.165) is 11.4 Å². The normalized spacial score (nSPS) is 14.0. The van der Waals surface area contributed by atoms with Crippen molar-refractivity contribution in [2.24, 2.45) is 0 Å². The number of rotatable bonds is 7. The molecule has 0 unspecified atom stereocenters. The van der Waals surface area contributed by atoms with E-state index in [-0.39, 0.29) is 5.41 Å². The largest absolute Gasteiger partial charge is 0.310 e. The molecule has 10 aromatic rings. The van der Waals surface area contributed by atoms with Gasteiger partial charge >= 0.3 is 0 Å². The zero-order chi connectivity index (χ0) is 38.5. The smallest absolute Gasteiger partial charge is 0.0546 e. The number of hydrogen-bond acceptors (Lipinski definition) is 1. The van der Waals surface area contributed by atoms with Gasteiger partial charge in [-0.05, 0) is 112 Å². The van der Waals surface area contributed by atoms with Gasteiger partial charge < -0.3 is 9.47 Å². The second-order valence-electron chi connectivity index (χ2n) is 16.0. The van der Waals surface area contributed by atoms with Crippen molar-refractivity contribution in [2.75, 3.05) is 4.90 Å². The number of para-hydroxylation sites is 2. The van der Waals surface area contributed by atoms with Crippen LogP contribution in [0.4, 0.5) is 17.1 Å². The second-order valence-corrected chi connectivity index (χ2v) is 16.0. The predicted octanol–water partition coefficient (Wildman–Crippen LogP) is 15.5. The third-order valence-corrected chi connectivity index (χ3v) is 12.8. The van der Waals surface area contributed by atoms with Crippen LogP contribution in [-0.2, 0) is 5.41 Å². The highest BCUT2D eigenvalue weighted by Gasteiger charge is 2.35. The summed E-state index contributed by atoms with van der Waals surface area (Å²) in [6.45, 7) is 0. The summed E-state index contributed by atoms with van der Waals surface area (Å²) in [5.41, 5.74) is 12.4. The predicted molar refractivity (Wildman–Crippen MR) is 246 cm³/mol. The van der Waals surface area contributed by atoms with Gasteiger partial charge in [0.1, 0.15) is 0 Å². The van der Waals surface area contributed by atoms with Crippen molar-refractivity contribution < 1.29 is 0 Å². The van der Waals surface area contributed by atoms with E-state index in [1.54, 1.807) is 0 Å². The Bertz CT molecular complexity index is 3060. The first-order chi connectivity index (χ1) is 28.7. The summed E-state index contributed by atoms with van der Waals surface area (Å²) in [5.74, 6) is 0. The molecule has 0 N–H and O–H groups in total. The minimum absolute atomic E-state index is 0.0503. The first-order valence-electron chi connectivity index (χ1n) is 20.8. The van der Waals surface area contributed by atoms with Crippen LogP contribution in [0.25, 0.3) is 60.2 Å². The maximum atomic E-state index is 2.47. The van der Waals surface area contributed by atoms with Gasteiger partial charge in [0, 0.05) is 38.6 Å². The molecule has 0 aliphatic heterocycles. The molecule has 0 atom stereocenters. The standard InChI is InChI=1S/C56H44N2/c1-4-17-43(18-5-1)56(36-14-3-15-37-56)44-29-33-47(34-30-44)57(55-39-42-16-8-9-21-48(42)49-22-10-11-23-50(49)55)46-31-26-40(27-32-46)41-28-35-54-52(38-41)51-24-12-13-25-53(51)58(54)45-19-6-2-7-20-45/h1-2,4-13,16-35,38-39H,3,14-15,36-37H2. The van der Waals surface area contributed by atoms with Gasteiger partial charge in [-0.1, -0.05) is 165 Å². The number of hydrogen-bond donors (Lipinski definition) is 0. The van der Waals surface area contributed by atoms with Gasteiger partial charge in [-0.25, -0.2) is 0 Å². The van der Waals surface area contributed by atoms with Crippen molar-refractivity contribution >= 4 is 60.4 Å². The minimum Gasteiger partial charge on any atom is -0.310 e. The molecule has 2 heteroatoms. The number of aromatic nitrogens is 1. The Balaban J connectivity index is 1.04. The number of anilines is 3. The SMILES string of the molecule is c1ccc(-n2c3ccccc3c3cc(-c4ccc(N(c5ccc(C6(c7ccccc7)CCCCC6)cc5)c5cc6ccccc6c6ccccc56)cc4)ccc32)cc1. The molecule has 1 fully saturated rings. The van der Waals surface area contributed by atoms with Crippen molar-refractivity contribution in [1.29, 1.82) is 0 Å². The average Bonchev–Trinajstić information content (AvgIpc) is 3.64. The van der Waals surface area contributed by atoms with Gasteiger partial charge in [0.2, 0.25) is 0 Å². The molecule has 0 bridgehead atoms. The molecular weight excluding hydrogens is 701 g/mol. The van der Waals surface area contributed by atoms with E-state index in [1.807, 2.05) is 0 Å². The molecule has 0 radical (unpaired) electrons. The van der Waals surface area contributed by atoms with Crippen LogP contribution >= 0.6 is 0 Å². The number of nitrogens with zero attached hydrogens (tertiary/aromatic N) is 2. The Labute approximate surface area is 340 Å². The maximum absolute atomic E-state index is 2.47. The Morgan fingerprint density at radius 3 is 1.67 bits per heavy atom. The van der Waals surface area contributed by atoms with E-state index in [2.05, 4.69) is 216 Å². The Kier molecular flexibility index (Phi) is 8.43. The molecule has 0 spiro atoms. The lowest BCUT2D eigenvalue weighted by molar-refractivity contribution is 0.346. The first kappa shape index (κ1) is 34.4. The summed E-state index contributed by atoms with van der Waals surface area (Å²) < 4.78 is 2.38. The first-order valence-corrected chi connectivity index (χ1v) is 20.8. The van der Waals surface area contributed by atoms with Crippen LogP contribution in [0.1, 0.15) is 43.2 Å². The third-order valence-electron chi connectivity index (χ3n) is 12.8. The fourth-order valence-corrected chi connectivity index (χ4v) is 10.0. The molecule has 1 aliphatic carbocycles. The summed E-state index contributed by atoms with van der Waals surface area (Å²) in [6, 6.07) is 76.4. The van der Waals surface area contributed by atoms with Crippen LogP contribution in [0, 0.1) is 0 Å². The third kappa shape index (κ3) is 5.71. The van der Waals surface area contributed by atoms with Crippen LogP contribution in [0.15, 0.2) is 206 Å². The number of benzene rings is 9. The van der Waals surface area contributed by atoms with Gasteiger partial charge in [-0.15, -0.1) is 0 Å². The lowest BCUT2D eigenvalue weighted by Crippen LogP contribution is -2.30. The van der Waals surface area contributed by atoms with Crippen LogP contribution < -0.4 is 4.90 Å². The van der Waals surface area contributed by atoms with Gasteiger partial charge in [0.05, 0.1) is 16.7 Å². The van der Waals surface area contributed by atoms with E-state index >= 15 is 0 Å². The summed E-state index contributed by atoms with van der Waals surface area (Å²) in [5, 5.41) is 7.54. The zero-order valence-electron chi connectivity index (χ0n) is 32.6. The van der Waals surface area contributed by atoms with Gasteiger partial charge in [-0.2, -0.15) is 0 Å². The lowest BCUT2D eigenvalue weighted by Gasteiger charge is -2.39. The topological polar surface area (TPSA) is 8.17 Å². The summed E-state index contributed by atoms with van der Waals surface area (Å²) in [6.07, 6.45) is 6.22. The van der Waals surface area contributed by atoms with E-state index in [4.69, 9.17) is 0 Å². The Hall–Kier alpha value is -6.90. The molecule has 2 nitrogen and oxygen atoms in total. The van der Waals surface area contributed by atoms with Crippen molar-refractivity contribution in [3.63, 3.8) is 0 Å². The molecule has 278 valence electrons. The molecule has 58 heavy (non-hydrogen) atoms. The zero-order valence-corrected chi connectivity index (χ0v) is 32.6. The number of fused-ring (bicyclic) bond motifs is 6. The molecule has 9 aromatic carbocycles. The van der Waals surface area contributed by atoms with Gasteiger partial charge in [0.25, 0.3) is 0 Å². The second kappa shape index (κ2) is 14.2. The van der Waals surface area contributed by atoms with Crippen LogP contribution in [0.2, 0.25) is 0 Å². The highest BCUT2D eigenvalue weighted by Crippen LogP contribution is 2.47. The molecule has 11 rings (SSSR count). The highest BCUT2D eigenvalue weighted by atomic mass is 15.1. The summed E-state index contributed by atoms with van der Waals surface area (Å²) >= 11 is 0. The monoisotopic (exact) mass is 744 g/mol. The molecular formula is C56H44N2. The van der Waals surface area contributed by atoms with Crippen molar-refractivity contribution in [2.45, 2.75) is 37.5 Å². The Morgan fingerprint density at radius 1 is 0.379 bits per heavy atom. The van der Waals surface area contributed by atoms with E-state index in [9.17, 15) is 0 Å². The van der Waals surface area contributed by atoms with Crippen LogP contribution in [0.5, 0.6) is 0 Å². The van der Waals surface area contributed by atoms with Crippen LogP contribution in [-0.4, -0.2) is 4.57 Å². The van der Waals surface area contributed by atoms with Crippen molar-refractivity contribution in [3.8, 4) is 16.8 Å². The quantitative estimate of drug-likeness (QED) is 0.148. The average molecular weight is 745 g/mol. The molecule has 1 saturated carbocycles. The molecule has 0 saturated heterocycles. The van der Waals surface area contributed by atoms with Crippen LogP contribution in [0.3, 0.4) is 0 Å². The van der Waals surface area contributed by atoms with E-state index in [1.165, 1.54) is 109 Å². The summed E-state index contributed by atoms with van der Waals surface area (Å²) in [4.78, 5) is 2.47. The molecule has 1 heterocycles. The van der Waals surface area contributed by atoms with Gasteiger partial charge in [0.15, 0.2) is 0 Å². The fraction of sp³-hybridized carbons (Fsp3) is 0.107. The van der Waals surface area contributed by atoms with E-state index < -0.39 is 0 Å². The summed E-state index contributed by atoms with van der Waals surface area (Å²) in [7, 11) is 0. The molecule has 1 aromatic heterocycles. The van der Waals surface area contributed by atoms with Gasteiger partial charge in [-0.3, -0.25) is 0 Å². The fourth-order valence-electron chi connectivity index (χ4n) is 10.0. The van der Waals surface area contributed by atoms with E-state index in [0.29, 0.717) is 0 Å². The lowest BCUT2D eigenvalue weighted by atomic mass is 9.65. The van der Waals surface area contributed by atoms with Crippen molar-refractivity contribution in [3.05, 3.63) is 217 Å². The minimum atomic E-state index is 0.0503. The Morgan fingerprint density at radius 2 is 0.931 bits per heavy atom. The molecule has 1 aliphatic rings. The maximum Gasteiger partial charge on any atom is 0.0546 e. The van der Waals surface area contributed by atoms with Crippen molar-refractivity contribution in [1.82, 2.24) is 4.57 Å². The molecule has 0 amide bonds.